The van der Waals surface area contributed by atoms with Crippen LogP contribution in [-0.4, -0.2) is 31.9 Å². The zero-order valence-electron chi connectivity index (χ0n) is 11.1. The lowest BCUT2D eigenvalue weighted by Crippen LogP contribution is -2.18. The Bertz CT molecular complexity index is 447. The van der Waals surface area contributed by atoms with Gasteiger partial charge in [0.15, 0.2) is 6.10 Å². The van der Waals surface area contributed by atoms with Crippen molar-refractivity contribution < 1.29 is 28.5 Å². The van der Waals surface area contributed by atoms with E-state index < -0.39 is 17.9 Å². The summed E-state index contributed by atoms with van der Waals surface area (Å²) in [4.78, 5) is 11.5. The van der Waals surface area contributed by atoms with Crippen molar-refractivity contribution in [3.05, 3.63) is 29.1 Å². The van der Waals surface area contributed by atoms with Crippen molar-refractivity contribution in [3.8, 4) is 5.75 Å². The monoisotopic (exact) mass is 272 g/mol. The lowest BCUT2D eigenvalue weighted by molar-refractivity contribution is -0.153. The van der Waals surface area contributed by atoms with Gasteiger partial charge in [0.25, 0.3) is 0 Å². The van der Waals surface area contributed by atoms with E-state index in [0.717, 1.165) is 0 Å². The van der Waals surface area contributed by atoms with Crippen LogP contribution in [0.3, 0.4) is 0 Å². The van der Waals surface area contributed by atoms with Gasteiger partial charge in [-0.1, -0.05) is 6.07 Å². The van der Waals surface area contributed by atoms with Gasteiger partial charge in [-0.05, 0) is 13.0 Å². The SMILES string of the molecule is CCOC(=O)C(O)c1c(OC)ccc(COC)c1F. The first-order chi connectivity index (χ1) is 9.06. The number of methoxy groups -OCH3 is 2. The third-order valence-electron chi connectivity index (χ3n) is 2.52. The Balaban J connectivity index is 3.21. The van der Waals surface area contributed by atoms with Crippen molar-refractivity contribution in [1.29, 1.82) is 0 Å². The van der Waals surface area contributed by atoms with Gasteiger partial charge in [0, 0.05) is 12.7 Å². The van der Waals surface area contributed by atoms with Crippen molar-refractivity contribution in [2.45, 2.75) is 19.6 Å². The lowest BCUT2D eigenvalue weighted by atomic mass is 10.0. The molecule has 0 aromatic heterocycles. The molecule has 0 heterocycles. The molecule has 6 heteroatoms. The van der Waals surface area contributed by atoms with Gasteiger partial charge in [0.1, 0.15) is 11.6 Å². The summed E-state index contributed by atoms with van der Waals surface area (Å²) in [5, 5.41) is 9.87. The molecule has 1 aromatic carbocycles. The summed E-state index contributed by atoms with van der Waals surface area (Å²) in [6.45, 7) is 1.72. The standard InChI is InChI=1S/C13H17FO5/c1-4-19-13(16)12(15)10-9(18-3)6-5-8(7-17-2)11(10)14/h5-6,12,15H,4,7H2,1-3H3. The van der Waals surface area contributed by atoms with Crippen LogP contribution in [0.5, 0.6) is 5.75 Å². The molecule has 0 aliphatic rings. The molecule has 0 radical (unpaired) electrons. The Morgan fingerprint density at radius 1 is 1.42 bits per heavy atom. The Morgan fingerprint density at radius 2 is 2.11 bits per heavy atom. The summed E-state index contributed by atoms with van der Waals surface area (Å²) >= 11 is 0. The molecule has 0 bridgehead atoms. The molecule has 0 aliphatic heterocycles. The summed E-state index contributed by atoms with van der Waals surface area (Å²) < 4.78 is 28.7. The molecule has 106 valence electrons. The number of hydrogen-bond donors (Lipinski definition) is 1. The molecule has 1 N–H and O–H groups in total. The van der Waals surface area contributed by atoms with E-state index in [-0.39, 0.29) is 30.1 Å². The van der Waals surface area contributed by atoms with Gasteiger partial charge in [0.2, 0.25) is 0 Å². The van der Waals surface area contributed by atoms with E-state index in [1.165, 1.54) is 26.4 Å². The van der Waals surface area contributed by atoms with E-state index >= 15 is 0 Å². The van der Waals surface area contributed by atoms with Gasteiger partial charge >= 0.3 is 5.97 Å². The first-order valence-corrected chi connectivity index (χ1v) is 5.75. The molecule has 0 amide bonds. The van der Waals surface area contributed by atoms with Crippen molar-refractivity contribution in [2.24, 2.45) is 0 Å². The second kappa shape index (κ2) is 7.06. The zero-order valence-corrected chi connectivity index (χ0v) is 11.1. The number of halogens is 1. The van der Waals surface area contributed by atoms with Crippen LogP contribution in [-0.2, 0) is 20.9 Å². The molecule has 1 atom stereocenters. The Labute approximate surface area is 110 Å². The molecule has 0 saturated carbocycles. The molecule has 0 fully saturated rings. The van der Waals surface area contributed by atoms with Crippen molar-refractivity contribution >= 4 is 5.97 Å². The number of aliphatic hydroxyl groups is 1. The van der Waals surface area contributed by atoms with Gasteiger partial charge in [-0.25, -0.2) is 9.18 Å². The average molecular weight is 272 g/mol. The molecule has 1 unspecified atom stereocenters. The first kappa shape index (κ1) is 15.4. The third kappa shape index (κ3) is 3.42. The fourth-order valence-corrected chi connectivity index (χ4v) is 1.66. The zero-order chi connectivity index (χ0) is 14.4. The third-order valence-corrected chi connectivity index (χ3v) is 2.52. The number of hydrogen-bond acceptors (Lipinski definition) is 5. The highest BCUT2D eigenvalue weighted by molar-refractivity contribution is 5.77. The number of benzene rings is 1. The molecular weight excluding hydrogens is 255 g/mol. The maximum atomic E-state index is 14.2. The van der Waals surface area contributed by atoms with Crippen LogP contribution >= 0.6 is 0 Å². The summed E-state index contributed by atoms with van der Waals surface area (Å²) in [5.41, 5.74) is -0.0165. The predicted molar refractivity (Wildman–Crippen MR) is 65.3 cm³/mol. The second-order valence-corrected chi connectivity index (χ2v) is 3.74. The van der Waals surface area contributed by atoms with Gasteiger partial charge in [-0.2, -0.15) is 0 Å². The summed E-state index contributed by atoms with van der Waals surface area (Å²) in [6.07, 6.45) is -1.73. The molecule has 0 saturated heterocycles. The molecule has 19 heavy (non-hydrogen) atoms. The van der Waals surface area contributed by atoms with E-state index in [0.29, 0.717) is 0 Å². The minimum Gasteiger partial charge on any atom is -0.496 e. The minimum absolute atomic E-state index is 0.0262. The van der Waals surface area contributed by atoms with E-state index in [2.05, 4.69) is 4.74 Å². The van der Waals surface area contributed by atoms with Gasteiger partial charge in [-0.15, -0.1) is 0 Å². The van der Waals surface area contributed by atoms with Crippen LogP contribution in [0.1, 0.15) is 24.2 Å². The van der Waals surface area contributed by atoms with Crippen LogP contribution < -0.4 is 4.74 Å². The number of carbonyl (C=O) groups is 1. The molecule has 0 aliphatic carbocycles. The molecule has 0 spiro atoms. The number of ether oxygens (including phenoxy) is 3. The first-order valence-electron chi connectivity index (χ1n) is 5.75. The van der Waals surface area contributed by atoms with Crippen molar-refractivity contribution in [1.82, 2.24) is 0 Å². The fourth-order valence-electron chi connectivity index (χ4n) is 1.66. The van der Waals surface area contributed by atoms with Crippen LogP contribution in [0.2, 0.25) is 0 Å². The molecular formula is C13H17FO5. The summed E-state index contributed by atoms with van der Waals surface area (Å²) in [6, 6.07) is 2.94. The van der Waals surface area contributed by atoms with E-state index in [1.807, 2.05) is 0 Å². The second-order valence-electron chi connectivity index (χ2n) is 3.74. The van der Waals surface area contributed by atoms with Gasteiger partial charge in [0.05, 0.1) is 25.9 Å². The topological polar surface area (TPSA) is 65.0 Å². The Hall–Kier alpha value is -1.66. The average Bonchev–Trinajstić information content (AvgIpc) is 2.40. The largest absolute Gasteiger partial charge is 0.496 e. The smallest absolute Gasteiger partial charge is 0.339 e. The van der Waals surface area contributed by atoms with Gasteiger partial charge in [-0.3, -0.25) is 0 Å². The minimum atomic E-state index is -1.73. The summed E-state index contributed by atoms with van der Waals surface area (Å²) in [7, 11) is 2.75. The van der Waals surface area contributed by atoms with E-state index in [4.69, 9.17) is 9.47 Å². The molecule has 1 rings (SSSR count). The quantitative estimate of drug-likeness (QED) is 0.796. The fraction of sp³-hybridized carbons (Fsp3) is 0.462. The number of esters is 1. The highest BCUT2D eigenvalue weighted by Gasteiger charge is 2.27. The van der Waals surface area contributed by atoms with Crippen LogP contribution in [0, 0.1) is 5.82 Å². The predicted octanol–water partition coefficient (Wildman–Crippen LogP) is 1.58. The van der Waals surface area contributed by atoms with Crippen LogP contribution in [0.4, 0.5) is 4.39 Å². The maximum absolute atomic E-state index is 14.2. The lowest BCUT2D eigenvalue weighted by Gasteiger charge is -2.16. The van der Waals surface area contributed by atoms with Crippen molar-refractivity contribution in [2.75, 3.05) is 20.8 Å². The Morgan fingerprint density at radius 3 is 2.63 bits per heavy atom. The number of rotatable bonds is 6. The van der Waals surface area contributed by atoms with Crippen LogP contribution in [0.25, 0.3) is 0 Å². The Kier molecular flexibility index (Phi) is 5.72. The van der Waals surface area contributed by atoms with Crippen molar-refractivity contribution in [3.63, 3.8) is 0 Å². The number of carbonyl (C=O) groups excluding carboxylic acids is 1. The van der Waals surface area contributed by atoms with E-state index in [9.17, 15) is 14.3 Å². The summed E-state index contributed by atoms with van der Waals surface area (Å²) in [5.74, 6) is -1.58. The van der Waals surface area contributed by atoms with Crippen LogP contribution in [0.15, 0.2) is 12.1 Å². The molecule has 5 nitrogen and oxygen atoms in total. The highest BCUT2D eigenvalue weighted by Crippen LogP contribution is 2.31. The van der Waals surface area contributed by atoms with Gasteiger partial charge < -0.3 is 19.3 Å². The normalized spacial score (nSPS) is 12.1. The molecule has 1 aromatic rings. The maximum Gasteiger partial charge on any atom is 0.339 e. The highest BCUT2D eigenvalue weighted by atomic mass is 19.1. The number of aliphatic hydroxyl groups excluding tert-OH is 1. The van der Waals surface area contributed by atoms with E-state index in [1.54, 1.807) is 6.92 Å².